The van der Waals surface area contributed by atoms with Crippen LogP contribution in [0.5, 0.6) is 0 Å². The zero-order valence-corrected chi connectivity index (χ0v) is 26.9. The van der Waals surface area contributed by atoms with Crippen molar-refractivity contribution in [3.63, 3.8) is 0 Å². The lowest BCUT2D eigenvalue weighted by atomic mass is 9.99. The van der Waals surface area contributed by atoms with Crippen LogP contribution < -0.4 is 0 Å². The third kappa shape index (κ3) is 3.32. The van der Waals surface area contributed by atoms with E-state index < -0.39 is 0 Å². The number of hydrogen-bond acceptors (Lipinski definition) is 3. The van der Waals surface area contributed by atoms with Crippen LogP contribution in [0.15, 0.2) is 146 Å². The van der Waals surface area contributed by atoms with Crippen molar-refractivity contribution in [2.45, 2.75) is 0 Å². The van der Waals surface area contributed by atoms with Crippen LogP contribution in [-0.2, 0) is 0 Å². The molecule has 0 aliphatic rings. The molecule has 0 saturated carbocycles. The van der Waals surface area contributed by atoms with Crippen molar-refractivity contribution < 1.29 is 0 Å². The van der Waals surface area contributed by atoms with E-state index in [0.29, 0.717) is 0 Å². The molecule has 5 aromatic heterocycles. The number of nitrogens with zero attached hydrogens (tertiary/aromatic N) is 4. The highest BCUT2D eigenvalue weighted by atomic mass is 32.1. The maximum absolute atomic E-state index is 5.23. The summed E-state index contributed by atoms with van der Waals surface area (Å²) in [5.41, 5.74) is 12.1. The molecule has 0 unspecified atom stereocenters. The minimum Gasteiger partial charge on any atom is -0.309 e. The van der Waals surface area contributed by atoms with E-state index in [1.54, 1.807) is 0 Å². The molecule has 5 heterocycles. The molecule has 0 fully saturated rings. The third-order valence-electron chi connectivity index (χ3n) is 10.4. The maximum Gasteiger partial charge on any atom is 0.165 e. The third-order valence-corrected chi connectivity index (χ3v) is 11.6. The molecule has 0 atom stereocenters. The summed E-state index contributed by atoms with van der Waals surface area (Å²) in [7, 11) is 0. The van der Waals surface area contributed by atoms with Gasteiger partial charge in [-0.15, -0.1) is 11.3 Å². The highest BCUT2D eigenvalue weighted by Gasteiger charge is 2.24. The largest absolute Gasteiger partial charge is 0.309 e. The Balaban J connectivity index is 1.19. The van der Waals surface area contributed by atoms with Crippen LogP contribution in [0.1, 0.15) is 0 Å². The monoisotopic (exact) mass is 640 g/mol. The smallest absolute Gasteiger partial charge is 0.165 e. The highest BCUT2D eigenvalue weighted by Crippen LogP contribution is 2.48. The van der Waals surface area contributed by atoms with E-state index in [-0.39, 0.29) is 0 Å². The molecule has 0 radical (unpaired) electrons. The predicted molar refractivity (Wildman–Crippen MR) is 207 cm³/mol. The van der Waals surface area contributed by atoms with Crippen molar-refractivity contribution in [2.75, 3.05) is 0 Å². The molecule has 0 aliphatic heterocycles. The highest BCUT2D eigenvalue weighted by molar-refractivity contribution is 7.26. The van der Waals surface area contributed by atoms with Crippen LogP contribution in [0.4, 0.5) is 0 Å². The minimum atomic E-state index is 0.913. The Hall–Kier alpha value is -6.30. The van der Waals surface area contributed by atoms with Gasteiger partial charge in [0, 0.05) is 52.8 Å². The van der Waals surface area contributed by atoms with Crippen LogP contribution in [0.2, 0.25) is 0 Å². The zero-order chi connectivity index (χ0) is 31.8. The number of thiophene rings is 1. The fraction of sp³-hybridized carbons (Fsp3) is 0. The molecule has 4 nitrogen and oxygen atoms in total. The molecule has 0 bridgehead atoms. The summed E-state index contributed by atoms with van der Waals surface area (Å²) < 4.78 is 7.36. The average Bonchev–Trinajstić information content (AvgIpc) is 3.89. The predicted octanol–water partition coefficient (Wildman–Crippen LogP) is 11.9. The van der Waals surface area contributed by atoms with Crippen LogP contribution in [0.3, 0.4) is 0 Å². The Morgan fingerprint density at radius 1 is 0.469 bits per heavy atom. The lowest BCUT2D eigenvalue weighted by Gasteiger charge is -2.08. The summed E-state index contributed by atoms with van der Waals surface area (Å²) in [6.45, 7) is 0. The quantitative estimate of drug-likeness (QED) is 0.188. The van der Waals surface area contributed by atoms with E-state index in [2.05, 4.69) is 142 Å². The van der Waals surface area contributed by atoms with Crippen LogP contribution in [0, 0.1) is 0 Å². The molecule has 5 heteroatoms. The lowest BCUT2D eigenvalue weighted by Crippen LogP contribution is -1.92. The molecule has 12 aromatic rings. The van der Waals surface area contributed by atoms with Crippen LogP contribution in [0.25, 0.3) is 108 Å². The molecular formula is C44H24N4S. The maximum atomic E-state index is 5.23. The van der Waals surface area contributed by atoms with Crippen LogP contribution in [-0.4, -0.2) is 18.9 Å². The van der Waals surface area contributed by atoms with E-state index in [0.717, 1.165) is 33.1 Å². The summed E-state index contributed by atoms with van der Waals surface area (Å²) >= 11 is 1.89. The Kier molecular flexibility index (Phi) is 4.83. The number of para-hydroxylation sites is 4. The van der Waals surface area contributed by atoms with Crippen molar-refractivity contribution in [3.8, 4) is 16.8 Å². The average molecular weight is 641 g/mol. The lowest BCUT2D eigenvalue weighted by molar-refractivity contribution is 1.18. The molecular weight excluding hydrogens is 617 g/mol. The first-order valence-corrected chi connectivity index (χ1v) is 17.4. The van der Waals surface area contributed by atoms with Crippen molar-refractivity contribution in [1.29, 1.82) is 0 Å². The van der Waals surface area contributed by atoms with E-state index >= 15 is 0 Å². The molecule has 0 saturated heterocycles. The molecule has 49 heavy (non-hydrogen) atoms. The molecule has 226 valence electrons. The van der Waals surface area contributed by atoms with Gasteiger partial charge >= 0.3 is 0 Å². The van der Waals surface area contributed by atoms with Crippen molar-refractivity contribution >= 4 is 103 Å². The van der Waals surface area contributed by atoms with E-state index in [1.165, 1.54) is 75.1 Å². The van der Waals surface area contributed by atoms with Gasteiger partial charge in [-0.25, -0.2) is 9.97 Å². The fourth-order valence-electron chi connectivity index (χ4n) is 8.30. The Morgan fingerprint density at radius 2 is 1.14 bits per heavy atom. The number of benzene rings is 7. The van der Waals surface area contributed by atoms with E-state index in [1.807, 2.05) is 23.5 Å². The van der Waals surface area contributed by atoms with Gasteiger partial charge in [0.15, 0.2) is 5.65 Å². The Morgan fingerprint density at radius 3 is 2.00 bits per heavy atom. The standard InChI is InChI=1S/C44H24N4S/c1-2-10-27(11-3-1)47-36-16-8-4-12-28(36)30-22-25(18-20-37(30)47)26-19-21-38-32(23-26)40-42-33(24-31-29-13-5-9-17-39(29)49-43(31)40)41-44(48(38)42)46-35-15-7-6-14-34(35)45-41/h1-24H. The normalized spacial score (nSPS) is 12.5. The SMILES string of the molecule is c1ccc(-n2c3ccccc3c3cc(-c4ccc5c(c4)c4c6sc7ccccc7c6cc6c7nc8ccccc8nc7n5c64)ccc32)cc1. The summed E-state index contributed by atoms with van der Waals surface area (Å²) in [6, 6.07) is 52.6. The molecule has 0 N–H and O–H groups in total. The number of fused-ring (bicyclic) bond motifs is 14. The molecule has 0 amide bonds. The molecule has 7 aromatic carbocycles. The topological polar surface area (TPSA) is 35.1 Å². The molecule has 0 aliphatic carbocycles. The van der Waals surface area contributed by atoms with Gasteiger partial charge in [-0.3, -0.25) is 4.40 Å². The van der Waals surface area contributed by atoms with E-state index in [9.17, 15) is 0 Å². The zero-order valence-electron chi connectivity index (χ0n) is 26.1. The van der Waals surface area contributed by atoms with Gasteiger partial charge in [0.25, 0.3) is 0 Å². The summed E-state index contributed by atoms with van der Waals surface area (Å²) in [4.78, 5) is 10.4. The first-order chi connectivity index (χ1) is 24.3. The van der Waals surface area contributed by atoms with Crippen molar-refractivity contribution in [2.24, 2.45) is 0 Å². The Labute approximate surface area is 283 Å². The van der Waals surface area contributed by atoms with Gasteiger partial charge in [-0.05, 0) is 77.9 Å². The molecule has 0 spiro atoms. The first kappa shape index (κ1) is 25.7. The van der Waals surface area contributed by atoms with Gasteiger partial charge < -0.3 is 4.57 Å². The van der Waals surface area contributed by atoms with Crippen LogP contribution >= 0.6 is 11.3 Å². The summed E-state index contributed by atoms with van der Waals surface area (Å²) in [6.07, 6.45) is 0. The number of hydrogen-bond donors (Lipinski definition) is 0. The van der Waals surface area contributed by atoms with E-state index in [4.69, 9.17) is 9.97 Å². The minimum absolute atomic E-state index is 0.913. The summed E-state index contributed by atoms with van der Waals surface area (Å²) in [5, 5.41) is 8.78. The second kappa shape index (κ2) is 9.19. The molecule has 12 rings (SSSR count). The second-order valence-electron chi connectivity index (χ2n) is 13.0. The van der Waals surface area contributed by atoms with Gasteiger partial charge in [0.05, 0.1) is 33.1 Å². The van der Waals surface area contributed by atoms with Crippen molar-refractivity contribution in [1.82, 2.24) is 18.9 Å². The summed E-state index contributed by atoms with van der Waals surface area (Å²) in [5.74, 6) is 0. The first-order valence-electron chi connectivity index (χ1n) is 16.6. The van der Waals surface area contributed by atoms with Crippen molar-refractivity contribution in [3.05, 3.63) is 146 Å². The fourth-order valence-corrected chi connectivity index (χ4v) is 9.54. The Bertz CT molecular complexity index is 3330. The van der Waals surface area contributed by atoms with Gasteiger partial charge in [-0.1, -0.05) is 78.9 Å². The number of rotatable bonds is 2. The van der Waals surface area contributed by atoms with Gasteiger partial charge in [0.2, 0.25) is 0 Å². The van der Waals surface area contributed by atoms with Gasteiger partial charge in [-0.2, -0.15) is 0 Å². The second-order valence-corrected chi connectivity index (χ2v) is 14.0. The number of aromatic nitrogens is 4. The van der Waals surface area contributed by atoms with Gasteiger partial charge in [0.1, 0.15) is 5.52 Å².